The Morgan fingerprint density at radius 1 is 1.00 bits per heavy atom. The van der Waals surface area contributed by atoms with Gasteiger partial charge in [0.05, 0.1) is 11.2 Å². The van der Waals surface area contributed by atoms with Crippen LogP contribution < -0.4 is 0 Å². The molecule has 1 rings (SSSR count). The Bertz CT molecular complexity index is 344. The largest absolute Gasteiger partial charge is 0.387 e. The van der Waals surface area contributed by atoms with E-state index in [1.165, 1.54) is 0 Å². The fourth-order valence-corrected chi connectivity index (χ4v) is 0.828. The number of hydrogen-bond acceptors (Lipinski definition) is 3. The van der Waals surface area contributed by atoms with E-state index in [4.69, 9.17) is 10.2 Å². The van der Waals surface area contributed by atoms with E-state index >= 15 is 0 Å². The third-order valence-electron chi connectivity index (χ3n) is 2.91. The van der Waals surface area contributed by atoms with E-state index in [-0.39, 0.29) is 5.78 Å². The number of ketones is 1. The van der Waals surface area contributed by atoms with Gasteiger partial charge >= 0.3 is 0 Å². The highest BCUT2D eigenvalue weighted by Crippen LogP contribution is 2.19. The zero-order valence-corrected chi connectivity index (χ0v) is 11.9. The molecule has 0 fully saturated rings. The molecule has 3 nitrogen and oxygen atoms in total. The molecule has 2 N–H and O–H groups in total. The van der Waals surface area contributed by atoms with E-state index in [1.807, 2.05) is 37.3 Å². The van der Waals surface area contributed by atoms with Crippen molar-refractivity contribution in [2.24, 2.45) is 0 Å². The maximum atomic E-state index is 11.0. The summed E-state index contributed by atoms with van der Waals surface area (Å²) < 4.78 is 0. The van der Waals surface area contributed by atoms with Crippen LogP contribution in [0.2, 0.25) is 0 Å². The maximum Gasteiger partial charge on any atom is 0.162 e. The van der Waals surface area contributed by atoms with Crippen LogP contribution in [0.5, 0.6) is 0 Å². The molecule has 0 unspecified atom stereocenters. The summed E-state index contributed by atoms with van der Waals surface area (Å²) in [7, 11) is 0. The molecule has 0 aliphatic carbocycles. The summed E-state index contributed by atoms with van der Waals surface area (Å²) in [6, 6.07) is 9.34. The van der Waals surface area contributed by atoms with Gasteiger partial charge in [-0.05, 0) is 27.7 Å². The number of carbonyl (C=O) groups excluding carboxylic acids is 1. The minimum Gasteiger partial charge on any atom is -0.387 e. The van der Waals surface area contributed by atoms with E-state index in [9.17, 15) is 4.79 Å². The minimum absolute atomic E-state index is 0.209. The van der Waals surface area contributed by atoms with Gasteiger partial charge in [-0.2, -0.15) is 0 Å². The molecule has 0 aromatic heterocycles. The van der Waals surface area contributed by atoms with E-state index in [0.29, 0.717) is 6.42 Å². The molecule has 0 radical (unpaired) electrons. The number of benzene rings is 1. The predicted octanol–water partition coefficient (Wildman–Crippen LogP) is 2.81. The third-order valence-corrected chi connectivity index (χ3v) is 2.91. The Morgan fingerprint density at radius 2 is 1.39 bits per heavy atom. The van der Waals surface area contributed by atoms with E-state index in [0.717, 1.165) is 5.56 Å². The molecule has 102 valence electrons. The summed E-state index contributed by atoms with van der Waals surface area (Å²) in [5, 5.41) is 18.2. The van der Waals surface area contributed by atoms with Crippen molar-refractivity contribution in [2.75, 3.05) is 0 Å². The second-order valence-corrected chi connectivity index (χ2v) is 5.26. The van der Waals surface area contributed by atoms with Crippen molar-refractivity contribution < 1.29 is 15.0 Å². The Morgan fingerprint density at radius 3 is 1.67 bits per heavy atom. The van der Waals surface area contributed by atoms with Gasteiger partial charge in [-0.25, -0.2) is 0 Å². The highest BCUT2D eigenvalue weighted by Gasteiger charge is 2.31. The van der Waals surface area contributed by atoms with Gasteiger partial charge in [0.2, 0.25) is 0 Å². The molecule has 0 bridgehead atoms. The SMILES string of the molecule is CC(C)(O)C(C)(C)O.CCC(=O)c1ccccc1. The summed E-state index contributed by atoms with van der Waals surface area (Å²) in [6.07, 6.45) is 0.587. The molecule has 0 aliphatic heterocycles. The molecule has 0 aliphatic rings. The van der Waals surface area contributed by atoms with Crippen LogP contribution >= 0.6 is 0 Å². The predicted molar refractivity (Wildman–Crippen MR) is 73.7 cm³/mol. The Labute approximate surface area is 109 Å². The maximum absolute atomic E-state index is 11.0. The summed E-state index contributed by atoms with van der Waals surface area (Å²) in [5.74, 6) is 0.209. The fourth-order valence-electron chi connectivity index (χ4n) is 0.828. The average molecular weight is 252 g/mol. The number of Topliss-reactive ketones (excluding diaryl/α,β-unsaturated/α-hetero) is 1. The van der Waals surface area contributed by atoms with Crippen LogP contribution in [0.25, 0.3) is 0 Å². The molecule has 1 aromatic rings. The summed E-state index contributed by atoms with van der Waals surface area (Å²) >= 11 is 0. The molecule has 18 heavy (non-hydrogen) atoms. The highest BCUT2D eigenvalue weighted by atomic mass is 16.3. The van der Waals surface area contributed by atoms with Gasteiger partial charge < -0.3 is 10.2 Å². The van der Waals surface area contributed by atoms with Gasteiger partial charge in [0.25, 0.3) is 0 Å². The second-order valence-electron chi connectivity index (χ2n) is 5.26. The average Bonchev–Trinajstić information content (AvgIpc) is 2.27. The molecule has 0 amide bonds. The third kappa shape index (κ3) is 5.94. The lowest BCUT2D eigenvalue weighted by Gasteiger charge is -2.31. The quantitative estimate of drug-likeness (QED) is 0.813. The van der Waals surface area contributed by atoms with E-state index < -0.39 is 11.2 Å². The smallest absolute Gasteiger partial charge is 0.162 e. The number of aliphatic hydroxyl groups is 2. The Hall–Kier alpha value is -1.19. The topological polar surface area (TPSA) is 57.5 Å². The van der Waals surface area contributed by atoms with Gasteiger partial charge in [-0.15, -0.1) is 0 Å². The monoisotopic (exact) mass is 252 g/mol. The van der Waals surface area contributed by atoms with Crippen molar-refractivity contribution in [1.29, 1.82) is 0 Å². The molecular weight excluding hydrogens is 228 g/mol. The first-order valence-corrected chi connectivity index (χ1v) is 6.12. The van der Waals surface area contributed by atoms with Crippen molar-refractivity contribution in [3.8, 4) is 0 Å². The van der Waals surface area contributed by atoms with Crippen LogP contribution in [0.4, 0.5) is 0 Å². The van der Waals surface area contributed by atoms with Crippen LogP contribution in [0.1, 0.15) is 51.4 Å². The molecule has 3 heteroatoms. The number of rotatable bonds is 3. The van der Waals surface area contributed by atoms with Crippen molar-refractivity contribution in [3.63, 3.8) is 0 Å². The van der Waals surface area contributed by atoms with Crippen LogP contribution in [0.15, 0.2) is 30.3 Å². The Balaban J connectivity index is 0.000000331. The Kier molecular flexibility index (Phi) is 6.22. The standard InChI is InChI=1S/C9H10O.C6H14O2/c1-2-9(10)8-6-4-3-5-7-8;1-5(2,7)6(3,4)8/h3-7H,2H2,1H3;7-8H,1-4H3. The van der Waals surface area contributed by atoms with E-state index in [2.05, 4.69) is 0 Å². The normalized spacial score (nSPS) is 11.5. The van der Waals surface area contributed by atoms with Gasteiger partial charge in [0.1, 0.15) is 0 Å². The summed E-state index contributed by atoms with van der Waals surface area (Å²) in [6.45, 7) is 8.18. The van der Waals surface area contributed by atoms with Crippen molar-refractivity contribution in [1.82, 2.24) is 0 Å². The molecule has 0 spiro atoms. The lowest BCUT2D eigenvalue weighted by molar-refractivity contribution is -0.107. The van der Waals surface area contributed by atoms with Crippen LogP contribution in [-0.2, 0) is 0 Å². The van der Waals surface area contributed by atoms with Crippen molar-refractivity contribution in [2.45, 2.75) is 52.2 Å². The van der Waals surface area contributed by atoms with E-state index in [1.54, 1.807) is 27.7 Å². The van der Waals surface area contributed by atoms with Crippen LogP contribution in [0, 0.1) is 0 Å². The van der Waals surface area contributed by atoms with Gasteiger partial charge in [-0.1, -0.05) is 37.3 Å². The lowest BCUT2D eigenvalue weighted by atomic mass is 9.90. The number of carbonyl (C=O) groups is 1. The molecule has 0 heterocycles. The van der Waals surface area contributed by atoms with Crippen LogP contribution in [-0.4, -0.2) is 27.2 Å². The van der Waals surface area contributed by atoms with Gasteiger partial charge in [0.15, 0.2) is 5.78 Å². The highest BCUT2D eigenvalue weighted by molar-refractivity contribution is 5.95. The molecule has 0 saturated carbocycles. The first kappa shape index (κ1) is 16.8. The zero-order valence-electron chi connectivity index (χ0n) is 11.9. The lowest BCUT2D eigenvalue weighted by Crippen LogP contribution is -2.44. The van der Waals surface area contributed by atoms with Crippen molar-refractivity contribution >= 4 is 5.78 Å². The van der Waals surface area contributed by atoms with Crippen molar-refractivity contribution in [3.05, 3.63) is 35.9 Å². The molecular formula is C15H24O3. The van der Waals surface area contributed by atoms with Gasteiger partial charge in [0, 0.05) is 12.0 Å². The van der Waals surface area contributed by atoms with Gasteiger partial charge in [-0.3, -0.25) is 4.79 Å². The van der Waals surface area contributed by atoms with Crippen LogP contribution in [0.3, 0.4) is 0 Å². The molecule has 0 saturated heterocycles. The first-order chi connectivity index (χ1) is 8.09. The second kappa shape index (κ2) is 6.66. The fraction of sp³-hybridized carbons (Fsp3) is 0.533. The summed E-state index contributed by atoms with van der Waals surface area (Å²) in [4.78, 5) is 11.0. The minimum atomic E-state index is -1.01. The number of hydrogen-bond donors (Lipinski definition) is 2. The zero-order chi connectivity index (χ0) is 14.4. The first-order valence-electron chi connectivity index (χ1n) is 6.12. The molecule has 1 aromatic carbocycles. The summed E-state index contributed by atoms with van der Waals surface area (Å²) in [5.41, 5.74) is -1.20. The molecule has 0 atom stereocenters.